The van der Waals surface area contributed by atoms with Gasteiger partial charge < -0.3 is 19.5 Å². The van der Waals surface area contributed by atoms with E-state index in [0.717, 1.165) is 42.9 Å². The maximum Gasteiger partial charge on any atom is 0.244 e. The number of rotatable bonds is 5. The number of pyridine rings is 1. The van der Waals surface area contributed by atoms with E-state index in [4.69, 9.17) is 14.2 Å². The van der Waals surface area contributed by atoms with E-state index in [0.29, 0.717) is 11.7 Å². The van der Waals surface area contributed by atoms with E-state index in [9.17, 15) is 4.79 Å². The van der Waals surface area contributed by atoms with Crippen molar-refractivity contribution in [2.24, 2.45) is 5.92 Å². The quantitative estimate of drug-likeness (QED) is 0.824. The highest BCUT2D eigenvalue weighted by atomic mass is 16.7. The van der Waals surface area contributed by atoms with Gasteiger partial charge in [-0.1, -0.05) is 12.1 Å². The van der Waals surface area contributed by atoms with Crippen LogP contribution >= 0.6 is 0 Å². The molecule has 0 radical (unpaired) electrons. The standard InChI is InChI=1S/C21H22N2O4/c24-20(6-4-15-3-5-18-19(12-15)27-14-26-18)23-21(16-7-10-25-11-8-16)17-2-1-9-22-13-17/h1-6,9,12-13,16,21H,7-8,10-11,14H2,(H,23,24)/b6-4+/t21-/m1/s1. The second kappa shape index (κ2) is 8.22. The van der Waals surface area contributed by atoms with E-state index in [1.54, 1.807) is 18.3 Å². The van der Waals surface area contributed by atoms with Crippen LogP contribution in [0, 0.1) is 5.92 Å². The topological polar surface area (TPSA) is 69.7 Å². The smallest absolute Gasteiger partial charge is 0.244 e. The fourth-order valence-corrected chi connectivity index (χ4v) is 3.47. The van der Waals surface area contributed by atoms with Crippen LogP contribution in [-0.4, -0.2) is 30.9 Å². The summed E-state index contributed by atoms with van der Waals surface area (Å²) in [5.41, 5.74) is 1.91. The first kappa shape index (κ1) is 17.5. The third kappa shape index (κ3) is 4.28. The van der Waals surface area contributed by atoms with Gasteiger partial charge in [0.1, 0.15) is 0 Å². The maximum absolute atomic E-state index is 12.6. The van der Waals surface area contributed by atoms with E-state index in [-0.39, 0.29) is 18.7 Å². The van der Waals surface area contributed by atoms with Gasteiger partial charge in [0, 0.05) is 31.7 Å². The number of aromatic nitrogens is 1. The van der Waals surface area contributed by atoms with Crippen molar-refractivity contribution < 1.29 is 19.0 Å². The predicted molar refractivity (Wildman–Crippen MR) is 100 cm³/mol. The van der Waals surface area contributed by atoms with Crippen molar-refractivity contribution in [3.63, 3.8) is 0 Å². The van der Waals surface area contributed by atoms with Crippen molar-refractivity contribution in [2.75, 3.05) is 20.0 Å². The minimum atomic E-state index is -0.131. The van der Waals surface area contributed by atoms with Gasteiger partial charge in [0.15, 0.2) is 11.5 Å². The summed E-state index contributed by atoms with van der Waals surface area (Å²) < 4.78 is 16.1. The molecule has 2 aromatic rings. The minimum Gasteiger partial charge on any atom is -0.454 e. The van der Waals surface area contributed by atoms with Crippen LogP contribution < -0.4 is 14.8 Å². The van der Waals surface area contributed by atoms with Gasteiger partial charge in [0.05, 0.1) is 6.04 Å². The summed E-state index contributed by atoms with van der Waals surface area (Å²) in [5.74, 6) is 1.64. The zero-order valence-electron chi connectivity index (χ0n) is 15.0. The van der Waals surface area contributed by atoms with Gasteiger partial charge in [-0.3, -0.25) is 9.78 Å². The number of amides is 1. The predicted octanol–water partition coefficient (Wildman–Crippen LogP) is 3.11. The molecular weight excluding hydrogens is 344 g/mol. The number of ether oxygens (including phenoxy) is 3. The molecule has 1 saturated heterocycles. The van der Waals surface area contributed by atoms with Gasteiger partial charge in [-0.05, 0) is 54.2 Å². The number of fused-ring (bicyclic) bond motifs is 1. The van der Waals surface area contributed by atoms with E-state index in [1.165, 1.54) is 0 Å². The van der Waals surface area contributed by atoms with Crippen molar-refractivity contribution in [3.05, 3.63) is 59.9 Å². The van der Waals surface area contributed by atoms with E-state index in [2.05, 4.69) is 10.3 Å². The number of hydrogen-bond donors (Lipinski definition) is 1. The van der Waals surface area contributed by atoms with Crippen LogP contribution in [0.3, 0.4) is 0 Å². The summed E-state index contributed by atoms with van der Waals surface area (Å²) in [6.07, 6.45) is 8.74. The monoisotopic (exact) mass is 366 g/mol. The SMILES string of the molecule is O=C(/C=C/c1ccc2c(c1)OCO2)N[C@@H](c1cccnc1)C1CCOCC1. The van der Waals surface area contributed by atoms with Gasteiger partial charge in [0.25, 0.3) is 0 Å². The summed E-state index contributed by atoms with van der Waals surface area (Å²) >= 11 is 0. The molecule has 0 aliphatic carbocycles. The first-order valence-electron chi connectivity index (χ1n) is 9.15. The van der Waals surface area contributed by atoms with Crippen LogP contribution in [0.1, 0.15) is 30.0 Å². The van der Waals surface area contributed by atoms with Crippen molar-refractivity contribution >= 4 is 12.0 Å². The molecule has 0 unspecified atom stereocenters. The Morgan fingerprint density at radius 1 is 1.19 bits per heavy atom. The highest BCUT2D eigenvalue weighted by molar-refractivity contribution is 5.92. The highest BCUT2D eigenvalue weighted by Crippen LogP contribution is 2.33. The van der Waals surface area contributed by atoms with Gasteiger partial charge >= 0.3 is 0 Å². The van der Waals surface area contributed by atoms with Gasteiger partial charge in [0.2, 0.25) is 12.7 Å². The minimum absolute atomic E-state index is 0.0727. The van der Waals surface area contributed by atoms with Crippen molar-refractivity contribution in [1.82, 2.24) is 10.3 Å². The molecule has 0 saturated carbocycles. The van der Waals surface area contributed by atoms with Gasteiger partial charge in [-0.25, -0.2) is 0 Å². The Morgan fingerprint density at radius 2 is 2.04 bits per heavy atom. The zero-order chi connectivity index (χ0) is 18.5. The number of nitrogens with zero attached hydrogens (tertiary/aromatic N) is 1. The lowest BCUT2D eigenvalue weighted by Gasteiger charge is -2.30. The third-order valence-corrected chi connectivity index (χ3v) is 4.90. The number of carbonyl (C=O) groups excluding carboxylic acids is 1. The molecule has 1 N–H and O–H groups in total. The Hall–Kier alpha value is -2.86. The zero-order valence-corrected chi connectivity index (χ0v) is 15.0. The fraction of sp³-hybridized carbons (Fsp3) is 0.333. The van der Waals surface area contributed by atoms with E-state index >= 15 is 0 Å². The molecule has 6 nitrogen and oxygen atoms in total. The molecule has 1 amide bonds. The molecule has 4 rings (SSSR count). The van der Waals surface area contributed by atoms with Crippen molar-refractivity contribution in [1.29, 1.82) is 0 Å². The molecule has 2 aliphatic heterocycles. The Labute approximate surface area is 158 Å². The fourth-order valence-electron chi connectivity index (χ4n) is 3.47. The molecule has 6 heteroatoms. The van der Waals surface area contributed by atoms with Gasteiger partial charge in [-0.15, -0.1) is 0 Å². The van der Waals surface area contributed by atoms with Crippen LogP contribution in [0.2, 0.25) is 0 Å². The highest BCUT2D eigenvalue weighted by Gasteiger charge is 2.26. The normalized spacial score (nSPS) is 17.8. The number of hydrogen-bond acceptors (Lipinski definition) is 5. The lowest BCUT2D eigenvalue weighted by molar-refractivity contribution is -0.117. The van der Waals surface area contributed by atoms with Crippen molar-refractivity contribution in [3.8, 4) is 11.5 Å². The number of benzene rings is 1. The Kier molecular flexibility index (Phi) is 5.34. The summed E-state index contributed by atoms with van der Waals surface area (Å²) in [6, 6.07) is 9.44. The molecule has 0 bridgehead atoms. The molecular formula is C21H22N2O4. The molecule has 1 aromatic carbocycles. The Morgan fingerprint density at radius 3 is 2.85 bits per heavy atom. The Balaban J connectivity index is 1.46. The first-order valence-corrected chi connectivity index (χ1v) is 9.15. The average Bonchev–Trinajstić information content (AvgIpc) is 3.20. The summed E-state index contributed by atoms with van der Waals surface area (Å²) in [7, 11) is 0. The number of nitrogens with one attached hydrogen (secondary N) is 1. The summed E-state index contributed by atoms with van der Waals surface area (Å²) in [4.78, 5) is 16.8. The van der Waals surface area contributed by atoms with E-state index < -0.39 is 0 Å². The second-order valence-electron chi connectivity index (χ2n) is 6.67. The second-order valence-corrected chi connectivity index (χ2v) is 6.67. The summed E-state index contributed by atoms with van der Waals surface area (Å²) in [6.45, 7) is 1.69. The van der Waals surface area contributed by atoms with Crippen LogP contribution in [0.15, 0.2) is 48.8 Å². The maximum atomic E-state index is 12.6. The van der Waals surface area contributed by atoms with Gasteiger partial charge in [-0.2, -0.15) is 0 Å². The van der Waals surface area contributed by atoms with E-state index in [1.807, 2.05) is 36.5 Å². The molecule has 0 spiro atoms. The van der Waals surface area contributed by atoms with Crippen molar-refractivity contribution in [2.45, 2.75) is 18.9 Å². The molecule has 1 aromatic heterocycles. The lowest BCUT2D eigenvalue weighted by atomic mass is 9.87. The molecule has 3 heterocycles. The molecule has 1 fully saturated rings. The first-order chi connectivity index (χ1) is 13.3. The Bertz CT molecular complexity index is 816. The van der Waals surface area contributed by atoms with Crippen LogP contribution in [0.4, 0.5) is 0 Å². The van der Waals surface area contributed by atoms with Crippen LogP contribution in [-0.2, 0) is 9.53 Å². The largest absolute Gasteiger partial charge is 0.454 e. The molecule has 140 valence electrons. The third-order valence-electron chi connectivity index (χ3n) is 4.90. The molecule has 2 aliphatic rings. The lowest BCUT2D eigenvalue weighted by Crippen LogP contribution is -2.35. The van der Waals surface area contributed by atoms with Crippen LogP contribution in [0.5, 0.6) is 11.5 Å². The summed E-state index contributed by atoms with van der Waals surface area (Å²) in [5, 5.41) is 3.15. The number of carbonyl (C=O) groups is 1. The van der Waals surface area contributed by atoms with Crippen LogP contribution in [0.25, 0.3) is 6.08 Å². The average molecular weight is 366 g/mol. The molecule has 1 atom stereocenters. The molecule has 27 heavy (non-hydrogen) atoms.